The molecule has 1 amide bonds. The van der Waals surface area contributed by atoms with Gasteiger partial charge >= 0.3 is 6.09 Å². The van der Waals surface area contributed by atoms with Gasteiger partial charge in [0.25, 0.3) is 0 Å². The molecule has 2 heterocycles. The van der Waals surface area contributed by atoms with Crippen molar-refractivity contribution in [1.82, 2.24) is 14.9 Å². The third-order valence-corrected chi connectivity index (χ3v) is 5.36. The molecule has 0 bridgehead atoms. The first kappa shape index (κ1) is 18.3. The fourth-order valence-electron chi connectivity index (χ4n) is 4.09. The number of aromatic nitrogens is 2. The number of imidazole rings is 1. The molecule has 1 aromatic heterocycles. The lowest BCUT2D eigenvalue weighted by atomic mass is 9.89. The van der Waals surface area contributed by atoms with Gasteiger partial charge in [-0.05, 0) is 46.5 Å². The van der Waals surface area contributed by atoms with Crippen molar-refractivity contribution in [2.75, 3.05) is 6.54 Å². The standard InChI is InChI=1S/C20H33N3O2/c1-20(2,3)25-19(24)23-13-9-12-17(23)18-21-14-16(22-18)15-10-7-5-4-6-8-11-15/h14-15,17H,4-13H2,1-3H3,(H,21,22). The quantitative estimate of drug-likeness (QED) is 0.788. The van der Waals surface area contributed by atoms with Crippen LogP contribution in [0.15, 0.2) is 6.20 Å². The maximum atomic E-state index is 12.5. The summed E-state index contributed by atoms with van der Waals surface area (Å²) in [6.07, 6.45) is 13.0. The van der Waals surface area contributed by atoms with E-state index in [0.717, 1.165) is 25.2 Å². The van der Waals surface area contributed by atoms with Crippen molar-refractivity contribution in [3.8, 4) is 0 Å². The Hall–Kier alpha value is -1.52. The van der Waals surface area contributed by atoms with Gasteiger partial charge in [0.1, 0.15) is 11.4 Å². The number of aromatic amines is 1. The Kier molecular flexibility index (Phi) is 5.70. The Labute approximate surface area is 151 Å². The summed E-state index contributed by atoms with van der Waals surface area (Å²) in [6, 6.07) is 0.0251. The Bertz CT molecular complexity index is 568. The molecule has 0 aromatic carbocycles. The molecular formula is C20H33N3O2. The predicted molar refractivity (Wildman–Crippen MR) is 98.6 cm³/mol. The predicted octanol–water partition coefficient (Wildman–Crippen LogP) is 5.31. The molecule has 1 aliphatic carbocycles. The van der Waals surface area contributed by atoms with Crippen molar-refractivity contribution < 1.29 is 9.53 Å². The molecule has 3 rings (SSSR count). The van der Waals surface area contributed by atoms with E-state index in [9.17, 15) is 4.79 Å². The highest BCUT2D eigenvalue weighted by molar-refractivity contribution is 5.69. The van der Waals surface area contributed by atoms with Crippen LogP contribution in [0.3, 0.4) is 0 Å². The number of carbonyl (C=O) groups is 1. The smallest absolute Gasteiger partial charge is 0.410 e. The maximum absolute atomic E-state index is 12.5. The zero-order chi connectivity index (χ0) is 17.9. The molecular weight excluding hydrogens is 314 g/mol. The fraction of sp³-hybridized carbons (Fsp3) is 0.800. The van der Waals surface area contributed by atoms with Gasteiger partial charge in [-0.15, -0.1) is 0 Å². The fourth-order valence-corrected chi connectivity index (χ4v) is 4.09. The van der Waals surface area contributed by atoms with Crippen LogP contribution in [0.5, 0.6) is 0 Å². The summed E-state index contributed by atoms with van der Waals surface area (Å²) in [6.45, 7) is 6.49. The zero-order valence-corrected chi connectivity index (χ0v) is 16.0. The van der Waals surface area contributed by atoms with Gasteiger partial charge in [-0.1, -0.05) is 32.1 Å². The van der Waals surface area contributed by atoms with E-state index in [2.05, 4.69) is 9.97 Å². The van der Waals surface area contributed by atoms with Gasteiger partial charge in [-0.2, -0.15) is 0 Å². The SMILES string of the molecule is CC(C)(C)OC(=O)N1CCCC1c1ncc(C2CCCCCCC2)[nH]1. The van der Waals surface area contributed by atoms with Crippen molar-refractivity contribution in [1.29, 1.82) is 0 Å². The third-order valence-electron chi connectivity index (χ3n) is 5.36. The lowest BCUT2D eigenvalue weighted by Gasteiger charge is -2.27. The van der Waals surface area contributed by atoms with E-state index in [1.807, 2.05) is 31.9 Å². The number of H-pyrrole nitrogens is 1. The Balaban J connectivity index is 1.68. The minimum Gasteiger partial charge on any atom is -0.444 e. The van der Waals surface area contributed by atoms with E-state index < -0.39 is 5.60 Å². The largest absolute Gasteiger partial charge is 0.444 e. The second kappa shape index (κ2) is 7.79. The summed E-state index contributed by atoms with van der Waals surface area (Å²) in [5, 5.41) is 0. The molecule has 140 valence electrons. The lowest BCUT2D eigenvalue weighted by Crippen LogP contribution is -2.36. The molecule has 2 fully saturated rings. The van der Waals surface area contributed by atoms with Gasteiger partial charge in [0.15, 0.2) is 0 Å². The Morgan fingerprint density at radius 2 is 1.80 bits per heavy atom. The van der Waals surface area contributed by atoms with Gasteiger partial charge in [-0.3, -0.25) is 4.90 Å². The van der Waals surface area contributed by atoms with Gasteiger partial charge < -0.3 is 9.72 Å². The minimum atomic E-state index is -0.461. The lowest BCUT2D eigenvalue weighted by molar-refractivity contribution is 0.0218. The second-order valence-corrected chi connectivity index (χ2v) is 8.60. The number of ether oxygens (including phenoxy) is 1. The molecule has 1 atom stereocenters. The summed E-state index contributed by atoms with van der Waals surface area (Å²) in [5.41, 5.74) is 0.796. The van der Waals surface area contributed by atoms with Crippen LogP contribution in [0.2, 0.25) is 0 Å². The van der Waals surface area contributed by atoms with E-state index in [-0.39, 0.29) is 12.1 Å². The molecule has 0 radical (unpaired) electrons. The van der Waals surface area contributed by atoms with Crippen LogP contribution in [0.25, 0.3) is 0 Å². The number of carbonyl (C=O) groups excluding carboxylic acids is 1. The van der Waals surface area contributed by atoms with Crippen LogP contribution < -0.4 is 0 Å². The molecule has 25 heavy (non-hydrogen) atoms. The number of rotatable bonds is 2. The summed E-state index contributed by atoms with van der Waals surface area (Å²) >= 11 is 0. The molecule has 1 saturated carbocycles. The van der Waals surface area contributed by atoms with Crippen LogP contribution in [-0.4, -0.2) is 33.1 Å². The van der Waals surface area contributed by atoms with Crippen LogP contribution in [0.1, 0.15) is 102 Å². The molecule has 1 saturated heterocycles. The summed E-state index contributed by atoms with van der Waals surface area (Å²) in [5.74, 6) is 1.53. The number of amides is 1. The van der Waals surface area contributed by atoms with Gasteiger partial charge in [0, 0.05) is 24.4 Å². The molecule has 0 spiro atoms. The average molecular weight is 348 g/mol. The van der Waals surface area contributed by atoms with Crippen LogP contribution in [0.4, 0.5) is 4.79 Å². The van der Waals surface area contributed by atoms with Crippen molar-refractivity contribution in [3.05, 3.63) is 17.7 Å². The molecule has 2 aliphatic rings. The molecule has 1 aliphatic heterocycles. The Morgan fingerprint density at radius 3 is 2.48 bits per heavy atom. The molecule has 5 heteroatoms. The van der Waals surface area contributed by atoms with E-state index in [0.29, 0.717) is 5.92 Å². The molecule has 5 nitrogen and oxygen atoms in total. The highest BCUT2D eigenvalue weighted by Crippen LogP contribution is 2.34. The van der Waals surface area contributed by atoms with Crippen LogP contribution >= 0.6 is 0 Å². The number of likely N-dealkylation sites (tertiary alicyclic amines) is 1. The third kappa shape index (κ3) is 4.77. The zero-order valence-electron chi connectivity index (χ0n) is 16.0. The average Bonchev–Trinajstić information content (AvgIpc) is 3.13. The van der Waals surface area contributed by atoms with E-state index in [1.54, 1.807) is 0 Å². The van der Waals surface area contributed by atoms with Gasteiger partial charge in [0.2, 0.25) is 0 Å². The topological polar surface area (TPSA) is 58.2 Å². The van der Waals surface area contributed by atoms with Gasteiger partial charge in [-0.25, -0.2) is 9.78 Å². The summed E-state index contributed by atoms with van der Waals surface area (Å²) < 4.78 is 5.57. The van der Waals surface area contributed by atoms with Crippen LogP contribution in [0, 0.1) is 0 Å². The van der Waals surface area contributed by atoms with E-state index >= 15 is 0 Å². The molecule has 1 aromatic rings. The molecule has 1 N–H and O–H groups in total. The Morgan fingerprint density at radius 1 is 1.12 bits per heavy atom. The van der Waals surface area contributed by atoms with E-state index in [4.69, 9.17) is 4.74 Å². The normalized spacial score (nSPS) is 23.3. The summed E-state index contributed by atoms with van der Waals surface area (Å²) in [4.78, 5) is 22.5. The highest BCUT2D eigenvalue weighted by atomic mass is 16.6. The minimum absolute atomic E-state index is 0.0251. The van der Waals surface area contributed by atoms with Crippen molar-refractivity contribution in [2.24, 2.45) is 0 Å². The highest BCUT2D eigenvalue weighted by Gasteiger charge is 2.35. The van der Waals surface area contributed by atoms with Crippen molar-refractivity contribution >= 4 is 6.09 Å². The number of hydrogen-bond acceptors (Lipinski definition) is 3. The van der Waals surface area contributed by atoms with Crippen LogP contribution in [-0.2, 0) is 4.74 Å². The summed E-state index contributed by atoms with van der Waals surface area (Å²) in [7, 11) is 0. The van der Waals surface area contributed by atoms with Crippen molar-refractivity contribution in [3.63, 3.8) is 0 Å². The van der Waals surface area contributed by atoms with E-state index in [1.165, 1.54) is 50.6 Å². The molecule has 1 unspecified atom stereocenters. The number of hydrogen-bond donors (Lipinski definition) is 1. The number of nitrogens with zero attached hydrogens (tertiary/aromatic N) is 2. The number of nitrogens with one attached hydrogen (secondary N) is 1. The van der Waals surface area contributed by atoms with Crippen molar-refractivity contribution in [2.45, 2.75) is 96.1 Å². The first-order valence-electron chi connectivity index (χ1n) is 9.98. The van der Waals surface area contributed by atoms with Gasteiger partial charge in [0.05, 0.1) is 6.04 Å². The first-order chi connectivity index (χ1) is 11.9. The monoisotopic (exact) mass is 347 g/mol. The second-order valence-electron chi connectivity index (χ2n) is 8.60. The first-order valence-corrected chi connectivity index (χ1v) is 9.98. The maximum Gasteiger partial charge on any atom is 0.410 e.